The number of amides is 1. The molecule has 0 bridgehead atoms. The van der Waals surface area contributed by atoms with Gasteiger partial charge in [-0.2, -0.15) is 13.2 Å². The van der Waals surface area contributed by atoms with Crippen LogP contribution in [0, 0.1) is 11.6 Å². The normalized spacial score (nSPS) is 13.3. The topological polar surface area (TPSA) is 76.1 Å². The van der Waals surface area contributed by atoms with Crippen LogP contribution in [0.3, 0.4) is 0 Å². The largest absolute Gasteiger partial charge is 0.503 e. The van der Waals surface area contributed by atoms with Crippen LogP contribution in [0.2, 0.25) is 0 Å². The first-order valence-corrected chi connectivity index (χ1v) is 8.45. The van der Waals surface area contributed by atoms with Crippen LogP contribution >= 0.6 is 0 Å². The summed E-state index contributed by atoms with van der Waals surface area (Å²) in [5, 5.41) is 0.702. The zero-order valence-electron chi connectivity index (χ0n) is 13.0. The molecule has 1 aromatic carbocycles. The van der Waals surface area contributed by atoms with Gasteiger partial charge in [0.05, 0.1) is 11.6 Å². The van der Waals surface area contributed by atoms with Crippen LogP contribution < -0.4 is 5.32 Å². The van der Waals surface area contributed by atoms with Gasteiger partial charge in [-0.3, -0.25) is 4.79 Å². The predicted octanol–water partition coefficient (Wildman–Crippen LogP) is 3.14. The first-order valence-electron chi connectivity index (χ1n) is 6.97. The lowest BCUT2D eigenvalue weighted by molar-refractivity contribution is -0.0438. The molecule has 1 heterocycles. The van der Waals surface area contributed by atoms with E-state index in [0.29, 0.717) is 6.07 Å². The molecule has 0 saturated heterocycles. The first kappa shape index (κ1) is 19.8. The van der Waals surface area contributed by atoms with Crippen molar-refractivity contribution in [1.29, 1.82) is 0 Å². The van der Waals surface area contributed by atoms with Gasteiger partial charge in [0.1, 0.15) is 11.6 Å². The van der Waals surface area contributed by atoms with E-state index in [0.717, 1.165) is 30.5 Å². The highest BCUT2D eigenvalue weighted by molar-refractivity contribution is 7.92. The first-order chi connectivity index (χ1) is 11.9. The maximum absolute atomic E-state index is 13.7. The molecule has 0 aliphatic carbocycles. The van der Waals surface area contributed by atoms with Crippen LogP contribution in [-0.2, 0) is 9.84 Å². The number of aromatic nitrogens is 1. The Balaban J connectivity index is 2.37. The Labute approximate surface area is 144 Å². The zero-order chi connectivity index (χ0) is 19.7. The van der Waals surface area contributed by atoms with Gasteiger partial charge in [-0.15, -0.1) is 0 Å². The lowest BCUT2D eigenvalue weighted by Gasteiger charge is -2.17. The summed E-state index contributed by atoms with van der Waals surface area (Å²) in [6.07, 6.45) is 0.790. The summed E-state index contributed by atoms with van der Waals surface area (Å²) in [4.78, 5) is 15.4. The standard InChI is InChI=1S/C15H11F5N2O3S/c1-8(10-5-4-9(16)7-12(10)17)22-13(23)11-3-2-6-21-14(11)26(24,25)15(18,19)20/h2-8H,1H3,(H,22,23). The smallest absolute Gasteiger partial charge is 0.345 e. The summed E-state index contributed by atoms with van der Waals surface area (Å²) in [7, 11) is -5.86. The van der Waals surface area contributed by atoms with E-state index in [1.807, 2.05) is 0 Å². The second-order valence-corrected chi connectivity index (χ2v) is 7.02. The fraction of sp³-hybridized carbons (Fsp3) is 0.200. The Morgan fingerprint density at radius 2 is 1.85 bits per heavy atom. The molecule has 2 aromatic rings. The molecule has 5 nitrogen and oxygen atoms in total. The van der Waals surface area contributed by atoms with Crippen LogP contribution in [0.5, 0.6) is 0 Å². The third-order valence-electron chi connectivity index (χ3n) is 3.35. The highest BCUT2D eigenvalue weighted by Crippen LogP contribution is 2.31. The summed E-state index contributed by atoms with van der Waals surface area (Å²) in [6, 6.07) is 3.39. The van der Waals surface area contributed by atoms with Gasteiger partial charge in [0.25, 0.3) is 15.7 Å². The molecule has 2 rings (SSSR count). The van der Waals surface area contributed by atoms with Crippen molar-refractivity contribution in [2.45, 2.75) is 23.5 Å². The van der Waals surface area contributed by atoms with Crippen LogP contribution in [0.1, 0.15) is 28.9 Å². The quantitative estimate of drug-likeness (QED) is 0.809. The second kappa shape index (κ2) is 6.98. The molecule has 26 heavy (non-hydrogen) atoms. The molecule has 1 atom stereocenters. The van der Waals surface area contributed by atoms with E-state index in [9.17, 15) is 35.2 Å². The summed E-state index contributed by atoms with van der Waals surface area (Å²) in [6.45, 7) is 1.29. The Hall–Kier alpha value is -2.56. The SMILES string of the molecule is CC(NC(=O)c1cccnc1S(=O)(=O)C(F)(F)F)c1ccc(F)cc1F. The van der Waals surface area contributed by atoms with Crippen molar-refractivity contribution in [1.82, 2.24) is 10.3 Å². The fourth-order valence-electron chi connectivity index (χ4n) is 2.09. The lowest BCUT2D eigenvalue weighted by atomic mass is 10.1. The number of hydrogen-bond donors (Lipinski definition) is 1. The average molecular weight is 394 g/mol. The van der Waals surface area contributed by atoms with E-state index in [4.69, 9.17) is 0 Å². The van der Waals surface area contributed by atoms with E-state index < -0.39 is 49.5 Å². The minimum Gasteiger partial charge on any atom is -0.345 e. The maximum Gasteiger partial charge on any atom is 0.503 e. The number of sulfone groups is 1. The van der Waals surface area contributed by atoms with Gasteiger partial charge in [0.15, 0.2) is 5.03 Å². The van der Waals surface area contributed by atoms with Crippen molar-refractivity contribution in [3.8, 4) is 0 Å². The Morgan fingerprint density at radius 3 is 2.42 bits per heavy atom. The van der Waals surface area contributed by atoms with Crippen LogP contribution in [-0.4, -0.2) is 24.8 Å². The minimum absolute atomic E-state index is 0.135. The van der Waals surface area contributed by atoms with Gasteiger partial charge >= 0.3 is 5.51 Å². The number of hydrogen-bond acceptors (Lipinski definition) is 4. The number of carbonyl (C=O) groups excluding carboxylic acids is 1. The molecule has 0 fully saturated rings. The molecule has 140 valence electrons. The number of rotatable bonds is 4. The molecule has 0 spiro atoms. The van der Waals surface area contributed by atoms with E-state index in [1.165, 1.54) is 6.92 Å². The van der Waals surface area contributed by atoms with E-state index in [2.05, 4.69) is 10.3 Å². The van der Waals surface area contributed by atoms with Gasteiger partial charge in [-0.25, -0.2) is 22.2 Å². The van der Waals surface area contributed by atoms with Gasteiger partial charge in [-0.05, 0) is 25.1 Å². The average Bonchev–Trinajstić information content (AvgIpc) is 2.53. The van der Waals surface area contributed by atoms with Gasteiger partial charge < -0.3 is 5.32 Å². The van der Waals surface area contributed by atoms with Crippen LogP contribution in [0.15, 0.2) is 41.6 Å². The number of alkyl halides is 3. The Bertz CT molecular complexity index is 945. The second-order valence-electron chi connectivity index (χ2n) is 5.17. The highest BCUT2D eigenvalue weighted by Gasteiger charge is 2.49. The number of pyridine rings is 1. The molecule has 1 aromatic heterocycles. The molecule has 0 saturated carbocycles. The number of nitrogens with zero attached hydrogens (tertiary/aromatic N) is 1. The van der Waals surface area contributed by atoms with Crippen molar-refractivity contribution in [2.24, 2.45) is 0 Å². The van der Waals surface area contributed by atoms with Crippen molar-refractivity contribution >= 4 is 15.7 Å². The molecule has 0 aliphatic heterocycles. The van der Waals surface area contributed by atoms with E-state index in [1.54, 1.807) is 0 Å². The number of benzene rings is 1. The highest BCUT2D eigenvalue weighted by atomic mass is 32.2. The van der Waals surface area contributed by atoms with Crippen molar-refractivity contribution in [3.05, 3.63) is 59.3 Å². The Kier molecular flexibility index (Phi) is 5.31. The third-order valence-corrected chi connectivity index (χ3v) is 4.80. The van der Waals surface area contributed by atoms with Crippen molar-refractivity contribution in [2.75, 3.05) is 0 Å². The molecular formula is C15H11F5N2O3S. The van der Waals surface area contributed by atoms with Gasteiger partial charge in [0.2, 0.25) is 0 Å². The third kappa shape index (κ3) is 3.82. The molecule has 1 N–H and O–H groups in total. The van der Waals surface area contributed by atoms with E-state index >= 15 is 0 Å². The predicted molar refractivity (Wildman–Crippen MR) is 79.7 cm³/mol. The van der Waals surface area contributed by atoms with Crippen LogP contribution in [0.25, 0.3) is 0 Å². The minimum atomic E-state index is -5.86. The molecular weight excluding hydrogens is 383 g/mol. The van der Waals surface area contributed by atoms with Crippen molar-refractivity contribution < 1.29 is 35.2 Å². The fourth-order valence-corrected chi connectivity index (χ4v) is 2.96. The lowest BCUT2D eigenvalue weighted by Crippen LogP contribution is -2.31. The summed E-state index contributed by atoms with van der Waals surface area (Å²) >= 11 is 0. The molecule has 1 amide bonds. The van der Waals surface area contributed by atoms with Gasteiger partial charge in [-0.1, -0.05) is 6.07 Å². The maximum atomic E-state index is 13.7. The zero-order valence-corrected chi connectivity index (χ0v) is 13.8. The van der Waals surface area contributed by atoms with Crippen molar-refractivity contribution in [3.63, 3.8) is 0 Å². The van der Waals surface area contributed by atoms with E-state index in [-0.39, 0.29) is 5.56 Å². The summed E-state index contributed by atoms with van der Waals surface area (Å²) in [5.74, 6) is -3.04. The van der Waals surface area contributed by atoms with Crippen LogP contribution in [0.4, 0.5) is 22.0 Å². The molecule has 0 radical (unpaired) electrons. The Morgan fingerprint density at radius 1 is 1.19 bits per heavy atom. The number of halogens is 5. The number of carbonyl (C=O) groups is 1. The molecule has 11 heteroatoms. The summed E-state index contributed by atoms with van der Waals surface area (Å²) in [5.41, 5.74) is -6.63. The van der Waals surface area contributed by atoms with Gasteiger partial charge in [0, 0.05) is 17.8 Å². The number of nitrogens with one attached hydrogen (secondary N) is 1. The molecule has 1 unspecified atom stereocenters. The monoisotopic (exact) mass is 394 g/mol. The summed E-state index contributed by atoms with van der Waals surface area (Å²) < 4.78 is 88.0. The molecule has 0 aliphatic rings.